The highest BCUT2D eigenvalue weighted by molar-refractivity contribution is 5.47. The SMILES string of the molecule is CCN1CCCC(C(C)Nc2cccc(C(C)C)c2)C1. The molecule has 0 bridgehead atoms. The number of hydrogen-bond donors (Lipinski definition) is 1. The lowest BCUT2D eigenvalue weighted by molar-refractivity contribution is 0.172. The van der Waals surface area contributed by atoms with Gasteiger partial charge in [-0.3, -0.25) is 0 Å². The van der Waals surface area contributed by atoms with Gasteiger partial charge in [0.2, 0.25) is 0 Å². The molecule has 0 amide bonds. The van der Waals surface area contributed by atoms with E-state index >= 15 is 0 Å². The summed E-state index contributed by atoms with van der Waals surface area (Å²) in [7, 11) is 0. The molecule has 1 saturated heterocycles. The first-order chi connectivity index (χ1) is 9.60. The molecule has 1 aliphatic heterocycles. The smallest absolute Gasteiger partial charge is 0.0345 e. The number of hydrogen-bond acceptors (Lipinski definition) is 2. The van der Waals surface area contributed by atoms with Crippen molar-refractivity contribution in [3.63, 3.8) is 0 Å². The van der Waals surface area contributed by atoms with Crippen molar-refractivity contribution >= 4 is 5.69 Å². The Labute approximate surface area is 124 Å². The Morgan fingerprint density at radius 1 is 1.30 bits per heavy atom. The Morgan fingerprint density at radius 3 is 2.80 bits per heavy atom. The van der Waals surface area contributed by atoms with Crippen LogP contribution in [0.5, 0.6) is 0 Å². The van der Waals surface area contributed by atoms with Gasteiger partial charge in [0.05, 0.1) is 0 Å². The first-order valence-electron chi connectivity index (χ1n) is 8.19. The molecule has 2 atom stereocenters. The molecule has 1 N–H and O–H groups in total. The second kappa shape index (κ2) is 7.12. The summed E-state index contributed by atoms with van der Waals surface area (Å²) < 4.78 is 0. The van der Waals surface area contributed by atoms with Crippen LogP contribution in [0.2, 0.25) is 0 Å². The lowest BCUT2D eigenvalue weighted by Crippen LogP contribution is -2.41. The summed E-state index contributed by atoms with van der Waals surface area (Å²) in [5, 5.41) is 3.72. The summed E-state index contributed by atoms with van der Waals surface area (Å²) in [5.74, 6) is 1.36. The zero-order valence-electron chi connectivity index (χ0n) is 13.5. The minimum atomic E-state index is 0.548. The highest BCUT2D eigenvalue weighted by Crippen LogP contribution is 2.24. The van der Waals surface area contributed by atoms with Crippen molar-refractivity contribution in [2.45, 2.75) is 52.5 Å². The molecule has 1 fully saturated rings. The van der Waals surface area contributed by atoms with Crippen LogP contribution in [-0.2, 0) is 0 Å². The standard InChI is InChI=1S/C18H30N2/c1-5-20-11-7-9-17(13-20)15(4)19-18-10-6-8-16(12-18)14(2)3/h6,8,10,12,14-15,17,19H,5,7,9,11,13H2,1-4H3. The van der Waals surface area contributed by atoms with Crippen molar-refractivity contribution in [2.24, 2.45) is 5.92 Å². The molecule has 0 aromatic heterocycles. The van der Waals surface area contributed by atoms with E-state index in [1.54, 1.807) is 0 Å². The number of piperidine rings is 1. The third-order valence-electron chi connectivity index (χ3n) is 4.64. The molecule has 2 unspecified atom stereocenters. The van der Waals surface area contributed by atoms with Gasteiger partial charge in [-0.1, -0.05) is 32.9 Å². The van der Waals surface area contributed by atoms with Crippen LogP contribution in [0.1, 0.15) is 52.0 Å². The minimum absolute atomic E-state index is 0.548. The Hall–Kier alpha value is -1.02. The van der Waals surface area contributed by atoms with Crippen molar-refractivity contribution in [2.75, 3.05) is 25.0 Å². The minimum Gasteiger partial charge on any atom is -0.382 e. The van der Waals surface area contributed by atoms with Gasteiger partial charge in [-0.15, -0.1) is 0 Å². The first kappa shape index (κ1) is 15.4. The van der Waals surface area contributed by atoms with Crippen LogP contribution in [0.4, 0.5) is 5.69 Å². The highest BCUT2D eigenvalue weighted by Gasteiger charge is 2.23. The predicted octanol–water partition coefficient (Wildman–Crippen LogP) is 4.34. The quantitative estimate of drug-likeness (QED) is 0.859. The third-order valence-corrected chi connectivity index (χ3v) is 4.64. The van der Waals surface area contributed by atoms with Crippen LogP contribution in [0.15, 0.2) is 24.3 Å². The van der Waals surface area contributed by atoms with Gasteiger partial charge < -0.3 is 10.2 Å². The summed E-state index contributed by atoms with van der Waals surface area (Å²) in [6.07, 6.45) is 2.70. The van der Waals surface area contributed by atoms with Crippen molar-refractivity contribution < 1.29 is 0 Å². The maximum atomic E-state index is 3.72. The van der Waals surface area contributed by atoms with Crippen LogP contribution in [0.3, 0.4) is 0 Å². The molecular formula is C18H30N2. The number of anilines is 1. The lowest BCUT2D eigenvalue weighted by Gasteiger charge is -2.35. The van der Waals surface area contributed by atoms with E-state index in [1.165, 1.54) is 43.7 Å². The molecule has 0 radical (unpaired) electrons. The van der Waals surface area contributed by atoms with E-state index in [0.717, 1.165) is 5.92 Å². The zero-order valence-corrected chi connectivity index (χ0v) is 13.5. The number of nitrogens with one attached hydrogen (secondary N) is 1. The van der Waals surface area contributed by atoms with Gasteiger partial charge in [-0.25, -0.2) is 0 Å². The van der Waals surface area contributed by atoms with E-state index in [1.807, 2.05) is 0 Å². The summed E-state index contributed by atoms with van der Waals surface area (Å²) in [6.45, 7) is 12.8. The average Bonchev–Trinajstić information content (AvgIpc) is 2.47. The Balaban J connectivity index is 1.96. The number of benzene rings is 1. The molecule has 0 aliphatic carbocycles. The fraction of sp³-hybridized carbons (Fsp3) is 0.667. The van der Waals surface area contributed by atoms with Gasteiger partial charge in [0.25, 0.3) is 0 Å². The Morgan fingerprint density at radius 2 is 2.10 bits per heavy atom. The van der Waals surface area contributed by atoms with E-state index in [2.05, 4.69) is 62.2 Å². The van der Waals surface area contributed by atoms with E-state index in [-0.39, 0.29) is 0 Å². The molecule has 0 spiro atoms. The molecule has 20 heavy (non-hydrogen) atoms. The van der Waals surface area contributed by atoms with Crippen LogP contribution in [0.25, 0.3) is 0 Å². The monoisotopic (exact) mass is 274 g/mol. The summed E-state index contributed by atoms with van der Waals surface area (Å²) in [5.41, 5.74) is 2.69. The summed E-state index contributed by atoms with van der Waals surface area (Å²) in [4.78, 5) is 2.58. The fourth-order valence-electron chi connectivity index (χ4n) is 3.15. The molecule has 1 aromatic rings. The largest absolute Gasteiger partial charge is 0.382 e. The number of nitrogens with zero attached hydrogens (tertiary/aromatic N) is 1. The molecule has 2 nitrogen and oxygen atoms in total. The Kier molecular flexibility index (Phi) is 5.47. The average molecular weight is 274 g/mol. The van der Waals surface area contributed by atoms with Crippen LogP contribution >= 0.6 is 0 Å². The van der Waals surface area contributed by atoms with Gasteiger partial charge in [0.1, 0.15) is 0 Å². The molecule has 1 aromatic carbocycles. The highest BCUT2D eigenvalue weighted by atomic mass is 15.1. The van der Waals surface area contributed by atoms with E-state index in [4.69, 9.17) is 0 Å². The van der Waals surface area contributed by atoms with E-state index in [0.29, 0.717) is 12.0 Å². The van der Waals surface area contributed by atoms with Crippen molar-refractivity contribution in [1.29, 1.82) is 0 Å². The molecular weight excluding hydrogens is 244 g/mol. The van der Waals surface area contributed by atoms with E-state index in [9.17, 15) is 0 Å². The van der Waals surface area contributed by atoms with Gasteiger partial charge in [-0.2, -0.15) is 0 Å². The van der Waals surface area contributed by atoms with Crippen molar-refractivity contribution in [3.8, 4) is 0 Å². The van der Waals surface area contributed by atoms with Crippen LogP contribution in [0, 0.1) is 5.92 Å². The normalized spacial score (nSPS) is 21.9. The molecule has 1 aliphatic rings. The zero-order chi connectivity index (χ0) is 14.5. The van der Waals surface area contributed by atoms with Gasteiger partial charge in [-0.05, 0) is 62.4 Å². The Bertz CT molecular complexity index is 414. The third kappa shape index (κ3) is 3.99. The topological polar surface area (TPSA) is 15.3 Å². The van der Waals surface area contributed by atoms with Crippen molar-refractivity contribution in [3.05, 3.63) is 29.8 Å². The van der Waals surface area contributed by atoms with Crippen LogP contribution in [-0.4, -0.2) is 30.6 Å². The molecule has 1 heterocycles. The summed E-state index contributed by atoms with van der Waals surface area (Å²) >= 11 is 0. The van der Waals surface area contributed by atoms with E-state index < -0.39 is 0 Å². The molecule has 112 valence electrons. The molecule has 0 saturated carbocycles. The second-order valence-electron chi connectivity index (χ2n) is 6.51. The van der Waals surface area contributed by atoms with Gasteiger partial charge in [0, 0.05) is 18.3 Å². The van der Waals surface area contributed by atoms with Crippen LogP contribution < -0.4 is 5.32 Å². The first-order valence-corrected chi connectivity index (χ1v) is 8.19. The summed E-state index contributed by atoms with van der Waals surface area (Å²) in [6, 6.07) is 9.44. The predicted molar refractivity (Wildman–Crippen MR) is 88.5 cm³/mol. The second-order valence-corrected chi connectivity index (χ2v) is 6.51. The van der Waals surface area contributed by atoms with Gasteiger partial charge in [0.15, 0.2) is 0 Å². The number of likely N-dealkylation sites (tertiary alicyclic amines) is 1. The fourth-order valence-corrected chi connectivity index (χ4v) is 3.15. The maximum Gasteiger partial charge on any atom is 0.0345 e. The van der Waals surface area contributed by atoms with Gasteiger partial charge >= 0.3 is 0 Å². The molecule has 2 heteroatoms. The molecule has 2 rings (SSSR count). The van der Waals surface area contributed by atoms with Crippen molar-refractivity contribution in [1.82, 2.24) is 4.90 Å². The lowest BCUT2D eigenvalue weighted by atomic mass is 9.91. The number of rotatable bonds is 5. The maximum absolute atomic E-state index is 3.72.